The van der Waals surface area contributed by atoms with Crippen molar-refractivity contribution in [3.63, 3.8) is 0 Å². The van der Waals surface area contributed by atoms with Gasteiger partial charge in [0.05, 0.1) is 6.61 Å². The van der Waals surface area contributed by atoms with Gasteiger partial charge in [-0.05, 0) is 34.6 Å². The summed E-state index contributed by atoms with van der Waals surface area (Å²) >= 11 is 0. The van der Waals surface area contributed by atoms with Gasteiger partial charge in [0, 0.05) is 0 Å². The van der Waals surface area contributed by atoms with E-state index in [4.69, 9.17) is 23.7 Å². The van der Waals surface area contributed by atoms with Crippen molar-refractivity contribution in [2.45, 2.75) is 70.1 Å². The van der Waals surface area contributed by atoms with Gasteiger partial charge in [-0.2, -0.15) is 0 Å². The van der Waals surface area contributed by atoms with Gasteiger partial charge in [0.25, 0.3) is 0 Å². The van der Waals surface area contributed by atoms with Crippen molar-refractivity contribution in [3.8, 4) is 0 Å². The highest BCUT2D eigenvalue weighted by atomic mass is 16.8. The Morgan fingerprint density at radius 3 is 2.42 bits per heavy atom. The normalized spacial score (nSPS) is 47.2. The van der Waals surface area contributed by atoms with E-state index in [1.165, 1.54) is 0 Å². The first kappa shape index (κ1) is 13.3. The molecule has 3 saturated heterocycles. The maximum Gasteiger partial charge on any atom is 0.341 e. The number of esters is 1. The number of hydrogen-bond acceptors (Lipinski definition) is 6. The molecule has 3 aliphatic rings. The van der Waals surface area contributed by atoms with Crippen molar-refractivity contribution in [3.05, 3.63) is 0 Å². The summed E-state index contributed by atoms with van der Waals surface area (Å²) in [5, 5.41) is 0. The summed E-state index contributed by atoms with van der Waals surface area (Å²) in [5.41, 5.74) is -1.13. The number of ether oxygens (including phenoxy) is 5. The summed E-state index contributed by atoms with van der Waals surface area (Å²) in [7, 11) is 0. The fourth-order valence-electron chi connectivity index (χ4n) is 2.98. The Balaban J connectivity index is 1.94. The van der Waals surface area contributed by atoms with Crippen LogP contribution in [0.15, 0.2) is 0 Å². The molecule has 0 aliphatic carbocycles. The number of carbonyl (C=O) groups excluding carboxylic acids is 1. The molecule has 0 aromatic heterocycles. The highest BCUT2D eigenvalue weighted by molar-refractivity contribution is 5.82. The molecule has 6 heteroatoms. The lowest BCUT2D eigenvalue weighted by Gasteiger charge is -2.47. The first-order valence-electron chi connectivity index (χ1n) is 6.54. The van der Waals surface area contributed by atoms with Crippen LogP contribution in [0.4, 0.5) is 0 Å². The van der Waals surface area contributed by atoms with Crippen molar-refractivity contribution < 1.29 is 28.5 Å². The highest BCUT2D eigenvalue weighted by Gasteiger charge is 2.65. The topological polar surface area (TPSA) is 63.2 Å². The fraction of sp³-hybridized carbons (Fsp3) is 0.923. The van der Waals surface area contributed by atoms with Crippen LogP contribution < -0.4 is 0 Å². The predicted octanol–water partition coefficient (Wildman–Crippen LogP) is 0.973. The van der Waals surface area contributed by atoms with E-state index < -0.39 is 35.4 Å². The summed E-state index contributed by atoms with van der Waals surface area (Å²) in [6.07, 6.45) is -1.32. The van der Waals surface area contributed by atoms with Gasteiger partial charge in [-0.15, -0.1) is 0 Å². The summed E-state index contributed by atoms with van der Waals surface area (Å²) in [6.45, 7) is 9.22. The minimum Gasteiger partial charge on any atom is -0.455 e. The van der Waals surface area contributed by atoms with Crippen molar-refractivity contribution in [1.29, 1.82) is 0 Å². The van der Waals surface area contributed by atoms with Crippen LogP contribution in [0, 0.1) is 0 Å². The fourth-order valence-corrected chi connectivity index (χ4v) is 2.98. The maximum absolute atomic E-state index is 12.2. The van der Waals surface area contributed by atoms with Crippen LogP contribution in [0.25, 0.3) is 0 Å². The molecule has 3 fully saturated rings. The van der Waals surface area contributed by atoms with Gasteiger partial charge in [0.2, 0.25) is 0 Å². The average Bonchev–Trinajstić information content (AvgIpc) is 2.51. The van der Waals surface area contributed by atoms with Crippen molar-refractivity contribution in [2.24, 2.45) is 0 Å². The summed E-state index contributed by atoms with van der Waals surface area (Å²) in [6, 6.07) is 0. The van der Waals surface area contributed by atoms with E-state index in [2.05, 4.69) is 0 Å². The van der Waals surface area contributed by atoms with E-state index in [9.17, 15) is 4.79 Å². The Hall–Kier alpha value is -0.690. The lowest BCUT2D eigenvalue weighted by atomic mass is 9.88. The third-order valence-electron chi connectivity index (χ3n) is 3.76. The van der Waals surface area contributed by atoms with Crippen molar-refractivity contribution >= 4 is 5.97 Å². The molecule has 0 aromatic rings. The zero-order valence-corrected chi connectivity index (χ0v) is 11.9. The third kappa shape index (κ3) is 1.98. The molecular weight excluding hydrogens is 252 g/mol. The van der Waals surface area contributed by atoms with E-state index in [0.29, 0.717) is 6.61 Å². The van der Waals surface area contributed by atoms with Gasteiger partial charge >= 0.3 is 5.97 Å². The molecule has 6 nitrogen and oxygen atoms in total. The molecule has 19 heavy (non-hydrogen) atoms. The monoisotopic (exact) mass is 272 g/mol. The van der Waals surface area contributed by atoms with Crippen LogP contribution in [-0.2, 0) is 28.5 Å². The standard InChI is InChI=1S/C13H20O6/c1-11(2)15-6-7-8(17-11)9-13(5,10(14)16-7)19-12(3,4)18-9/h7-9H,6H2,1-5H3/t7-,8-,9+,13+/m1/s1. The second-order valence-corrected chi connectivity index (χ2v) is 6.38. The lowest BCUT2D eigenvalue weighted by molar-refractivity contribution is -0.335. The maximum atomic E-state index is 12.2. The lowest BCUT2D eigenvalue weighted by Crippen LogP contribution is -2.66. The first-order chi connectivity index (χ1) is 8.63. The average molecular weight is 272 g/mol. The molecule has 0 radical (unpaired) electrons. The smallest absolute Gasteiger partial charge is 0.341 e. The van der Waals surface area contributed by atoms with Crippen LogP contribution in [0.1, 0.15) is 34.6 Å². The molecule has 0 unspecified atom stereocenters. The number of rotatable bonds is 0. The van der Waals surface area contributed by atoms with Gasteiger partial charge in [-0.3, -0.25) is 0 Å². The zero-order valence-electron chi connectivity index (χ0n) is 11.9. The second kappa shape index (κ2) is 3.69. The molecule has 108 valence electrons. The molecule has 0 spiro atoms. The summed E-state index contributed by atoms with van der Waals surface area (Å²) in [4.78, 5) is 12.2. The minimum absolute atomic E-state index is 0.305. The van der Waals surface area contributed by atoms with Gasteiger partial charge in [-0.25, -0.2) is 4.79 Å². The molecular formula is C13H20O6. The molecule has 3 rings (SSSR count). The van der Waals surface area contributed by atoms with Crippen LogP contribution in [0.3, 0.4) is 0 Å². The zero-order chi connectivity index (χ0) is 14.1. The molecule has 0 amide bonds. The van der Waals surface area contributed by atoms with Crippen molar-refractivity contribution in [2.75, 3.05) is 6.61 Å². The second-order valence-electron chi connectivity index (χ2n) is 6.38. The van der Waals surface area contributed by atoms with Gasteiger partial charge in [-0.1, -0.05) is 0 Å². The van der Waals surface area contributed by atoms with Crippen LogP contribution >= 0.6 is 0 Å². The van der Waals surface area contributed by atoms with Crippen LogP contribution in [-0.4, -0.2) is 48.1 Å². The Morgan fingerprint density at radius 1 is 1.05 bits per heavy atom. The molecule has 3 aliphatic heterocycles. The molecule has 0 N–H and O–H groups in total. The molecule has 3 heterocycles. The van der Waals surface area contributed by atoms with E-state index in [1.54, 1.807) is 20.8 Å². The SMILES string of the molecule is CC1(C)OC[C@H]2OC(=O)[C@@]3(C)OC(C)(C)O[C@H]3[C@@H]2O1. The van der Waals surface area contributed by atoms with Gasteiger partial charge in [0.1, 0.15) is 12.2 Å². The molecule has 0 aromatic carbocycles. The van der Waals surface area contributed by atoms with Gasteiger partial charge < -0.3 is 23.7 Å². The Morgan fingerprint density at radius 2 is 1.74 bits per heavy atom. The van der Waals surface area contributed by atoms with Crippen LogP contribution in [0.2, 0.25) is 0 Å². The van der Waals surface area contributed by atoms with E-state index in [0.717, 1.165) is 0 Å². The van der Waals surface area contributed by atoms with Crippen LogP contribution in [0.5, 0.6) is 0 Å². The van der Waals surface area contributed by atoms with E-state index in [-0.39, 0.29) is 6.10 Å². The molecule has 0 bridgehead atoms. The predicted molar refractivity (Wildman–Crippen MR) is 63.2 cm³/mol. The first-order valence-corrected chi connectivity index (χ1v) is 6.54. The third-order valence-corrected chi connectivity index (χ3v) is 3.76. The quantitative estimate of drug-likeness (QED) is 0.612. The number of hydrogen-bond donors (Lipinski definition) is 0. The number of fused-ring (bicyclic) bond motifs is 3. The minimum atomic E-state index is -1.13. The summed E-state index contributed by atoms with van der Waals surface area (Å²) in [5.74, 6) is -1.97. The van der Waals surface area contributed by atoms with E-state index >= 15 is 0 Å². The number of carbonyl (C=O) groups is 1. The van der Waals surface area contributed by atoms with E-state index in [1.807, 2.05) is 13.8 Å². The molecule has 4 atom stereocenters. The summed E-state index contributed by atoms with van der Waals surface area (Å²) < 4.78 is 28.5. The van der Waals surface area contributed by atoms with Gasteiger partial charge in [0.15, 0.2) is 23.3 Å². The largest absolute Gasteiger partial charge is 0.455 e. The Bertz CT molecular complexity index is 417. The Labute approximate surface area is 112 Å². The highest BCUT2D eigenvalue weighted by Crippen LogP contribution is 2.45. The Kier molecular flexibility index (Phi) is 2.59. The molecule has 0 saturated carbocycles. The van der Waals surface area contributed by atoms with Crippen molar-refractivity contribution in [1.82, 2.24) is 0 Å².